The summed E-state index contributed by atoms with van der Waals surface area (Å²) in [4.78, 5) is 19.5. The monoisotopic (exact) mass is 263 g/mol. The summed E-state index contributed by atoms with van der Waals surface area (Å²) in [5.41, 5.74) is 0.372. The molecule has 1 N–H and O–H groups in total. The van der Waals surface area contributed by atoms with Gasteiger partial charge in [0.1, 0.15) is 12.3 Å². The number of nitrogens with one attached hydrogen (secondary N) is 1. The fourth-order valence-electron chi connectivity index (χ4n) is 2.28. The largest absolute Gasteiger partial charge is 0.373 e. The predicted octanol–water partition coefficient (Wildman–Crippen LogP) is 1.60. The first-order valence-corrected chi connectivity index (χ1v) is 6.96. The van der Waals surface area contributed by atoms with E-state index in [0.29, 0.717) is 18.3 Å². The van der Waals surface area contributed by atoms with Crippen LogP contribution in [-0.2, 0) is 4.74 Å². The lowest BCUT2D eigenvalue weighted by molar-refractivity contribution is 0.0743. The molecule has 0 radical (unpaired) electrons. The Labute approximate surface area is 113 Å². The molecule has 1 aliphatic heterocycles. The third-order valence-corrected chi connectivity index (χ3v) is 3.34. The van der Waals surface area contributed by atoms with Crippen molar-refractivity contribution in [1.29, 1.82) is 0 Å². The van der Waals surface area contributed by atoms with Gasteiger partial charge in [-0.15, -0.1) is 0 Å². The normalized spacial score (nSPS) is 19.3. The maximum atomic E-state index is 11.7. The summed E-state index contributed by atoms with van der Waals surface area (Å²) in [5.74, 6) is -0.108. The number of hydrogen-bond donors (Lipinski definition) is 1. The summed E-state index contributed by atoms with van der Waals surface area (Å²) in [6.07, 6.45) is 10.5. The highest BCUT2D eigenvalue weighted by Crippen LogP contribution is 2.11. The Morgan fingerprint density at radius 2 is 2.37 bits per heavy atom. The molecular formula is C14H21N3O2. The minimum absolute atomic E-state index is 0.0940. The lowest BCUT2D eigenvalue weighted by Gasteiger charge is -2.23. The van der Waals surface area contributed by atoms with E-state index in [1.807, 2.05) is 0 Å². The van der Waals surface area contributed by atoms with Crippen molar-refractivity contribution in [2.24, 2.45) is 0 Å². The highest BCUT2D eigenvalue weighted by atomic mass is 16.5. The Morgan fingerprint density at radius 3 is 3.11 bits per heavy atom. The summed E-state index contributed by atoms with van der Waals surface area (Å²) >= 11 is 0. The summed E-state index contributed by atoms with van der Waals surface area (Å²) in [5, 5.41) is 3.50. The van der Waals surface area contributed by atoms with Crippen molar-refractivity contribution < 1.29 is 9.53 Å². The molecule has 19 heavy (non-hydrogen) atoms. The highest BCUT2D eigenvalue weighted by Gasteiger charge is 2.12. The zero-order valence-corrected chi connectivity index (χ0v) is 11.2. The van der Waals surface area contributed by atoms with E-state index < -0.39 is 0 Å². The van der Waals surface area contributed by atoms with Crippen molar-refractivity contribution in [3.8, 4) is 0 Å². The van der Waals surface area contributed by atoms with Gasteiger partial charge in [-0.05, 0) is 32.2 Å². The van der Waals surface area contributed by atoms with Gasteiger partial charge in [0.15, 0.2) is 0 Å². The van der Waals surface area contributed by atoms with E-state index in [1.165, 1.54) is 31.7 Å². The number of carbonyl (C=O) groups is 1. The smallest absolute Gasteiger partial charge is 0.208 e. The van der Waals surface area contributed by atoms with Crippen LogP contribution < -0.4 is 5.32 Å². The number of ether oxygens (including phenoxy) is 1. The maximum Gasteiger partial charge on any atom is 0.208 e. The Balaban J connectivity index is 1.55. The van der Waals surface area contributed by atoms with Crippen molar-refractivity contribution in [2.75, 3.05) is 19.8 Å². The second-order valence-corrected chi connectivity index (χ2v) is 4.86. The molecule has 2 heterocycles. The molecule has 5 nitrogen and oxygen atoms in total. The van der Waals surface area contributed by atoms with Crippen LogP contribution in [0.4, 0.5) is 0 Å². The van der Waals surface area contributed by atoms with Gasteiger partial charge in [-0.2, -0.15) is 0 Å². The predicted molar refractivity (Wildman–Crippen MR) is 72.1 cm³/mol. The average molecular weight is 263 g/mol. The van der Waals surface area contributed by atoms with E-state index >= 15 is 0 Å². The molecule has 1 aliphatic rings. The van der Waals surface area contributed by atoms with E-state index in [-0.39, 0.29) is 12.4 Å². The summed E-state index contributed by atoms with van der Waals surface area (Å²) < 4.78 is 5.40. The molecule has 1 atom stereocenters. The van der Waals surface area contributed by atoms with Crippen LogP contribution in [0.25, 0.3) is 0 Å². The molecule has 1 saturated heterocycles. The molecule has 104 valence electrons. The van der Waals surface area contributed by atoms with Gasteiger partial charge in [0.2, 0.25) is 5.78 Å². The Morgan fingerprint density at radius 1 is 1.42 bits per heavy atom. The zero-order chi connectivity index (χ0) is 13.3. The van der Waals surface area contributed by atoms with E-state index in [1.54, 1.807) is 6.20 Å². The van der Waals surface area contributed by atoms with Crippen LogP contribution in [0.15, 0.2) is 18.6 Å². The Bertz CT molecular complexity index is 378. The van der Waals surface area contributed by atoms with Crippen molar-refractivity contribution in [3.63, 3.8) is 0 Å². The van der Waals surface area contributed by atoms with Crippen molar-refractivity contribution >= 4 is 5.78 Å². The van der Waals surface area contributed by atoms with Gasteiger partial charge in [-0.25, -0.2) is 4.98 Å². The van der Waals surface area contributed by atoms with Crippen molar-refractivity contribution in [3.05, 3.63) is 24.3 Å². The molecule has 1 aromatic heterocycles. The third-order valence-electron chi connectivity index (χ3n) is 3.34. The minimum atomic E-state index is -0.108. The number of nitrogens with zero attached hydrogens (tertiary/aromatic N) is 2. The lowest BCUT2D eigenvalue weighted by Crippen LogP contribution is -2.34. The van der Waals surface area contributed by atoms with E-state index in [9.17, 15) is 4.79 Å². The van der Waals surface area contributed by atoms with Gasteiger partial charge < -0.3 is 10.1 Å². The number of hydrogen-bond acceptors (Lipinski definition) is 5. The minimum Gasteiger partial charge on any atom is -0.373 e. The summed E-state index contributed by atoms with van der Waals surface area (Å²) in [6.45, 7) is 1.86. The van der Waals surface area contributed by atoms with Gasteiger partial charge in [0.05, 0.1) is 6.20 Å². The molecule has 0 aromatic carbocycles. The van der Waals surface area contributed by atoms with Crippen molar-refractivity contribution in [1.82, 2.24) is 15.3 Å². The standard InChI is InChI=1S/C14H21N3O2/c18-14(13-10-15-7-8-17-13)11-19-9-3-5-12-4-1-2-6-16-12/h7-8,10,12,16H,1-6,9,11H2/t12-/m1/s1. The average Bonchev–Trinajstić information content (AvgIpc) is 2.49. The number of piperidine rings is 1. The molecule has 0 bridgehead atoms. The first-order valence-electron chi connectivity index (χ1n) is 6.96. The fraction of sp³-hybridized carbons (Fsp3) is 0.643. The molecule has 1 fully saturated rings. The Kier molecular flexibility index (Phi) is 5.91. The number of rotatable bonds is 7. The summed E-state index contributed by atoms with van der Waals surface area (Å²) in [6, 6.07) is 0.632. The third kappa shape index (κ3) is 5.04. The Hall–Kier alpha value is -1.33. The molecule has 0 spiro atoms. The number of aromatic nitrogens is 2. The van der Waals surface area contributed by atoms with Gasteiger partial charge in [0, 0.05) is 25.0 Å². The van der Waals surface area contributed by atoms with Gasteiger partial charge in [-0.3, -0.25) is 9.78 Å². The van der Waals surface area contributed by atoms with Crippen LogP contribution in [0.3, 0.4) is 0 Å². The lowest BCUT2D eigenvalue weighted by atomic mass is 10.0. The first kappa shape index (κ1) is 14.1. The van der Waals surface area contributed by atoms with Crippen LogP contribution in [-0.4, -0.2) is 41.6 Å². The molecule has 0 aliphatic carbocycles. The van der Waals surface area contributed by atoms with Gasteiger partial charge in [0.25, 0.3) is 0 Å². The SMILES string of the molecule is O=C(COCCC[C@H]1CCCCN1)c1cnccn1. The second-order valence-electron chi connectivity index (χ2n) is 4.86. The fourth-order valence-corrected chi connectivity index (χ4v) is 2.28. The van der Waals surface area contributed by atoms with Crippen LogP contribution in [0.5, 0.6) is 0 Å². The number of Topliss-reactive ketones (excluding diaryl/α,β-unsaturated/α-hetero) is 1. The molecule has 0 amide bonds. The summed E-state index contributed by atoms with van der Waals surface area (Å²) in [7, 11) is 0. The number of carbonyl (C=O) groups excluding carboxylic acids is 1. The van der Waals surface area contributed by atoms with Crippen LogP contribution in [0.1, 0.15) is 42.6 Å². The molecule has 0 saturated carbocycles. The van der Waals surface area contributed by atoms with E-state index in [4.69, 9.17) is 4.74 Å². The molecular weight excluding hydrogens is 242 g/mol. The molecule has 0 unspecified atom stereocenters. The second kappa shape index (κ2) is 7.96. The molecule has 2 rings (SSSR count). The number of ketones is 1. The van der Waals surface area contributed by atoms with Crippen LogP contribution in [0.2, 0.25) is 0 Å². The zero-order valence-electron chi connectivity index (χ0n) is 11.2. The maximum absolute atomic E-state index is 11.7. The molecule has 1 aromatic rings. The van der Waals surface area contributed by atoms with Crippen molar-refractivity contribution in [2.45, 2.75) is 38.1 Å². The quantitative estimate of drug-likeness (QED) is 0.598. The van der Waals surface area contributed by atoms with Gasteiger partial charge >= 0.3 is 0 Å². The van der Waals surface area contributed by atoms with Gasteiger partial charge in [-0.1, -0.05) is 6.42 Å². The van der Waals surface area contributed by atoms with E-state index in [2.05, 4.69) is 15.3 Å². The van der Waals surface area contributed by atoms with Crippen LogP contribution >= 0.6 is 0 Å². The van der Waals surface area contributed by atoms with E-state index in [0.717, 1.165) is 19.4 Å². The highest BCUT2D eigenvalue weighted by molar-refractivity contribution is 5.94. The topological polar surface area (TPSA) is 64.1 Å². The first-order chi connectivity index (χ1) is 9.36. The van der Waals surface area contributed by atoms with Crippen LogP contribution in [0, 0.1) is 0 Å². The molecule has 5 heteroatoms.